The Morgan fingerprint density at radius 2 is 1.65 bits per heavy atom. The molecule has 0 atom stereocenters. The number of pyridine rings is 2. The first kappa shape index (κ1) is 26.8. The van der Waals surface area contributed by atoms with Gasteiger partial charge in [0.1, 0.15) is 5.69 Å². The van der Waals surface area contributed by atoms with Gasteiger partial charge in [0.2, 0.25) is 5.88 Å². The minimum Gasteiger partial charge on any atom is -0.468 e. The van der Waals surface area contributed by atoms with Crippen LogP contribution in [-0.4, -0.2) is 46.4 Å². The van der Waals surface area contributed by atoms with Gasteiger partial charge in [-0.1, -0.05) is 54.6 Å². The number of nitrogens with zero attached hydrogens (tertiary/aromatic N) is 6. The van der Waals surface area contributed by atoms with E-state index in [1.807, 2.05) is 55.7 Å². The zero-order valence-corrected chi connectivity index (χ0v) is 24.4. The summed E-state index contributed by atoms with van der Waals surface area (Å²) in [6, 6.07) is 24.3. The Hall–Kier alpha value is -5.05. The average Bonchev–Trinajstić information content (AvgIpc) is 3.43. The van der Waals surface area contributed by atoms with Crippen LogP contribution in [0.5, 0.6) is 5.88 Å². The van der Waals surface area contributed by atoms with E-state index in [9.17, 15) is 9.90 Å². The molecule has 3 aromatic heterocycles. The molecule has 9 heteroatoms. The first-order valence-electron chi connectivity index (χ1n) is 14.5. The van der Waals surface area contributed by atoms with Gasteiger partial charge < -0.3 is 9.84 Å². The summed E-state index contributed by atoms with van der Waals surface area (Å²) in [7, 11) is 0. The van der Waals surface area contributed by atoms with Crippen LogP contribution in [-0.2, 0) is 12.1 Å². The van der Waals surface area contributed by atoms with Gasteiger partial charge in [-0.3, -0.25) is 14.5 Å². The summed E-state index contributed by atoms with van der Waals surface area (Å²) in [5.74, 6) is 1.90. The first-order chi connectivity index (χ1) is 20.8. The summed E-state index contributed by atoms with van der Waals surface area (Å²) >= 11 is 0. The lowest BCUT2D eigenvalue weighted by Gasteiger charge is -2.54. The summed E-state index contributed by atoms with van der Waals surface area (Å²) in [5, 5.41) is 19.1. The number of carbonyl (C=O) groups is 1. The van der Waals surface area contributed by atoms with E-state index >= 15 is 0 Å². The molecule has 0 spiro atoms. The van der Waals surface area contributed by atoms with Gasteiger partial charge in [-0.15, -0.1) is 10.2 Å². The first-order valence-corrected chi connectivity index (χ1v) is 14.5. The molecule has 0 saturated heterocycles. The Labute approximate surface area is 249 Å². The largest absolute Gasteiger partial charge is 0.468 e. The van der Waals surface area contributed by atoms with E-state index in [4.69, 9.17) is 9.72 Å². The maximum atomic E-state index is 12.5. The van der Waals surface area contributed by atoms with Gasteiger partial charge in [0.25, 0.3) is 0 Å². The molecule has 1 N–H and O–H groups in total. The molecule has 216 valence electrons. The molecule has 0 bridgehead atoms. The SMILES string of the molecule is CC(C)(C)N(C(=O)O)C1(c2ccc(-c3nc4c(cc3-c3ccccc3)-n3c(nnc3-c3ccncc3)CO4)cc2)CCC1. The molecule has 4 heterocycles. The van der Waals surface area contributed by atoms with Crippen LogP contribution in [0.3, 0.4) is 0 Å². The topological polar surface area (TPSA) is 106 Å². The highest BCUT2D eigenvalue weighted by molar-refractivity contribution is 5.84. The van der Waals surface area contributed by atoms with Crippen LogP contribution in [0.1, 0.15) is 51.4 Å². The number of hydrogen-bond donors (Lipinski definition) is 1. The summed E-state index contributed by atoms with van der Waals surface area (Å²) in [6.45, 7) is 6.13. The van der Waals surface area contributed by atoms with E-state index in [0.717, 1.165) is 58.5 Å². The molecule has 0 unspecified atom stereocenters. The molecule has 1 fully saturated rings. The third-order valence-corrected chi connectivity index (χ3v) is 8.47. The molecule has 9 nitrogen and oxygen atoms in total. The van der Waals surface area contributed by atoms with Crippen LogP contribution in [0.15, 0.2) is 85.2 Å². The molecule has 1 aliphatic heterocycles. The predicted octanol–water partition coefficient (Wildman–Crippen LogP) is 7.11. The van der Waals surface area contributed by atoms with E-state index in [2.05, 4.69) is 57.6 Å². The van der Waals surface area contributed by atoms with Crippen molar-refractivity contribution in [1.29, 1.82) is 0 Å². The highest BCUT2D eigenvalue weighted by Crippen LogP contribution is 2.50. The Morgan fingerprint density at radius 3 is 2.28 bits per heavy atom. The Bertz CT molecular complexity index is 1810. The van der Waals surface area contributed by atoms with Gasteiger partial charge in [0, 0.05) is 34.6 Å². The molecule has 0 radical (unpaired) electrons. The highest BCUT2D eigenvalue weighted by Gasteiger charge is 2.50. The smallest absolute Gasteiger partial charge is 0.408 e. The summed E-state index contributed by atoms with van der Waals surface area (Å²) < 4.78 is 8.14. The molecule has 1 aliphatic carbocycles. The van der Waals surface area contributed by atoms with Crippen LogP contribution in [0, 0.1) is 0 Å². The second-order valence-corrected chi connectivity index (χ2v) is 12.1. The molecule has 1 amide bonds. The predicted molar refractivity (Wildman–Crippen MR) is 163 cm³/mol. The maximum absolute atomic E-state index is 12.5. The minimum absolute atomic E-state index is 0.251. The minimum atomic E-state index is -0.893. The number of hydrogen-bond acceptors (Lipinski definition) is 6. The van der Waals surface area contributed by atoms with Gasteiger partial charge in [0.05, 0.1) is 11.2 Å². The molecule has 2 aliphatic rings. The lowest BCUT2D eigenvalue weighted by molar-refractivity contribution is -0.0328. The number of benzene rings is 2. The van der Waals surface area contributed by atoms with E-state index < -0.39 is 17.2 Å². The molecular weight excluding hydrogens is 540 g/mol. The Kier molecular flexibility index (Phi) is 6.27. The number of aromatic nitrogens is 5. The quantitative estimate of drug-likeness (QED) is 0.239. The number of ether oxygens (including phenoxy) is 1. The highest BCUT2D eigenvalue weighted by atomic mass is 16.5. The van der Waals surface area contributed by atoms with Crippen LogP contribution >= 0.6 is 0 Å². The molecule has 43 heavy (non-hydrogen) atoms. The van der Waals surface area contributed by atoms with Crippen molar-refractivity contribution < 1.29 is 14.6 Å². The van der Waals surface area contributed by atoms with Gasteiger partial charge in [-0.25, -0.2) is 9.78 Å². The Balaban J connectivity index is 1.36. The van der Waals surface area contributed by atoms with Crippen LogP contribution in [0.4, 0.5) is 4.79 Å². The maximum Gasteiger partial charge on any atom is 0.408 e. The molecule has 7 rings (SSSR count). The molecule has 5 aromatic rings. The third-order valence-electron chi connectivity index (χ3n) is 8.47. The fraction of sp³-hybridized carbons (Fsp3) is 0.265. The monoisotopic (exact) mass is 572 g/mol. The van der Waals surface area contributed by atoms with Crippen molar-refractivity contribution in [1.82, 2.24) is 29.6 Å². The zero-order valence-electron chi connectivity index (χ0n) is 24.4. The van der Waals surface area contributed by atoms with Crippen molar-refractivity contribution >= 4 is 6.09 Å². The fourth-order valence-corrected chi connectivity index (χ4v) is 6.50. The van der Waals surface area contributed by atoms with Gasteiger partial charge in [0.15, 0.2) is 18.3 Å². The normalized spacial score (nSPS) is 15.0. The number of rotatable bonds is 5. The van der Waals surface area contributed by atoms with Crippen LogP contribution in [0.25, 0.3) is 39.5 Å². The number of fused-ring (bicyclic) bond motifs is 3. The number of amides is 1. The second-order valence-electron chi connectivity index (χ2n) is 12.1. The van der Waals surface area contributed by atoms with Crippen molar-refractivity contribution in [2.75, 3.05) is 0 Å². The molecular formula is C34H32N6O3. The zero-order chi connectivity index (χ0) is 29.8. The van der Waals surface area contributed by atoms with Crippen LogP contribution < -0.4 is 4.74 Å². The Morgan fingerprint density at radius 1 is 0.930 bits per heavy atom. The van der Waals surface area contributed by atoms with Crippen LogP contribution in [0.2, 0.25) is 0 Å². The van der Waals surface area contributed by atoms with Gasteiger partial charge in [-0.2, -0.15) is 0 Å². The van der Waals surface area contributed by atoms with E-state index in [1.54, 1.807) is 17.3 Å². The van der Waals surface area contributed by atoms with Crippen molar-refractivity contribution in [3.63, 3.8) is 0 Å². The average molecular weight is 573 g/mol. The standard InChI is InChI=1S/C34H32N6O3/c1-33(2,3)40(32(41)42)34(16-7-17-34)25-12-10-23(11-13-25)29-26(22-8-5-4-6-9-22)20-27-31(36-29)43-21-28-37-38-30(39(27)28)24-14-18-35-19-15-24/h4-6,8-15,18-20H,7,16-17,21H2,1-3H3,(H,41,42). The van der Waals surface area contributed by atoms with Crippen molar-refractivity contribution in [3.8, 4) is 45.3 Å². The van der Waals surface area contributed by atoms with Gasteiger partial charge >= 0.3 is 6.09 Å². The van der Waals surface area contributed by atoms with E-state index in [1.165, 1.54) is 0 Å². The van der Waals surface area contributed by atoms with Gasteiger partial charge in [-0.05, 0) is 69.4 Å². The summed E-state index contributed by atoms with van der Waals surface area (Å²) in [6.07, 6.45) is 5.19. The second kappa shape index (κ2) is 10.0. The number of carboxylic acid groups (broad SMARTS) is 1. The summed E-state index contributed by atoms with van der Waals surface area (Å²) in [5.41, 5.74) is 5.28. The van der Waals surface area contributed by atoms with Crippen molar-refractivity contribution in [2.45, 2.75) is 57.7 Å². The van der Waals surface area contributed by atoms with Crippen molar-refractivity contribution in [2.24, 2.45) is 0 Å². The molecule has 2 aromatic carbocycles. The van der Waals surface area contributed by atoms with E-state index in [0.29, 0.717) is 17.5 Å². The lowest BCUT2D eigenvalue weighted by Crippen LogP contribution is -2.60. The third kappa shape index (κ3) is 4.43. The lowest BCUT2D eigenvalue weighted by atomic mass is 9.69. The van der Waals surface area contributed by atoms with E-state index in [-0.39, 0.29) is 6.61 Å². The summed E-state index contributed by atoms with van der Waals surface area (Å²) in [4.78, 5) is 23.3. The molecule has 1 saturated carbocycles. The van der Waals surface area contributed by atoms with Crippen molar-refractivity contribution in [3.05, 3.63) is 96.6 Å². The fourth-order valence-electron chi connectivity index (χ4n) is 6.50.